The van der Waals surface area contributed by atoms with E-state index in [1.807, 2.05) is 19.3 Å². The van der Waals surface area contributed by atoms with Crippen LogP contribution in [0.15, 0.2) is 36.7 Å². The second kappa shape index (κ2) is 4.82. The molecule has 0 saturated carbocycles. The van der Waals surface area contributed by atoms with Gasteiger partial charge in [0.25, 0.3) is 0 Å². The third kappa shape index (κ3) is 2.11. The molecule has 0 bridgehead atoms. The number of nitrogens with zero attached hydrogens (tertiary/aromatic N) is 3. The van der Waals surface area contributed by atoms with Crippen LogP contribution in [0.5, 0.6) is 0 Å². The average Bonchev–Trinajstić information content (AvgIpc) is 2.86. The summed E-state index contributed by atoms with van der Waals surface area (Å²) >= 11 is 0. The average molecular weight is 242 g/mol. The molecule has 1 aromatic carbocycles. The number of piperazine rings is 1. The van der Waals surface area contributed by atoms with Crippen molar-refractivity contribution in [2.45, 2.75) is 6.92 Å². The van der Waals surface area contributed by atoms with Crippen LogP contribution in [0.3, 0.4) is 0 Å². The summed E-state index contributed by atoms with van der Waals surface area (Å²) < 4.78 is 2.10. The Morgan fingerprint density at radius 1 is 1.06 bits per heavy atom. The van der Waals surface area contributed by atoms with Gasteiger partial charge in [0.15, 0.2) is 0 Å². The zero-order chi connectivity index (χ0) is 12.4. The Hall–Kier alpha value is -1.81. The van der Waals surface area contributed by atoms with E-state index in [-0.39, 0.29) is 0 Å². The van der Waals surface area contributed by atoms with E-state index in [0.29, 0.717) is 0 Å². The zero-order valence-electron chi connectivity index (χ0n) is 10.6. The highest BCUT2D eigenvalue weighted by atomic mass is 15.2. The first-order valence-corrected chi connectivity index (χ1v) is 6.41. The molecule has 0 unspecified atom stereocenters. The summed E-state index contributed by atoms with van der Waals surface area (Å²) in [6, 6.07) is 8.71. The minimum Gasteiger partial charge on any atom is -0.369 e. The second-order valence-electron chi connectivity index (χ2n) is 4.60. The van der Waals surface area contributed by atoms with E-state index in [9.17, 15) is 0 Å². The van der Waals surface area contributed by atoms with Crippen LogP contribution in [-0.2, 0) is 0 Å². The van der Waals surface area contributed by atoms with Crippen molar-refractivity contribution in [3.63, 3.8) is 0 Å². The van der Waals surface area contributed by atoms with Gasteiger partial charge in [-0.3, -0.25) is 0 Å². The van der Waals surface area contributed by atoms with Crippen LogP contribution in [0.4, 0.5) is 5.69 Å². The number of aromatic nitrogens is 2. The number of rotatable bonds is 2. The van der Waals surface area contributed by atoms with Crippen LogP contribution in [-0.4, -0.2) is 35.7 Å². The van der Waals surface area contributed by atoms with Gasteiger partial charge in [-0.1, -0.05) is 0 Å². The van der Waals surface area contributed by atoms with Crippen molar-refractivity contribution in [1.29, 1.82) is 0 Å². The van der Waals surface area contributed by atoms with Gasteiger partial charge < -0.3 is 14.8 Å². The largest absolute Gasteiger partial charge is 0.369 e. The molecule has 1 aliphatic rings. The lowest BCUT2D eigenvalue weighted by Crippen LogP contribution is -2.43. The first kappa shape index (κ1) is 11.3. The monoisotopic (exact) mass is 242 g/mol. The van der Waals surface area contributed by atoms with E-state index in [1.165, 1.54) is 11.4 Å². The highest BCUT2D eigenvalue weighted by Crippen LogP contribution is 2.18. The van der Waals surface area contributed by atoms with Crippen molar-refractivity contribution in [2.24, 2.45) is 0 Å². The predicted octanol–water partition coefficient (Wildman–Crippen LogP) is 1.59. The molecule has 94 valence electrons. The van der Waals surface area contributed by atoms with Gasteiger partial charge in [-0.2, -0.15) is 0 Å². The van der Waals surface area contributed by atoms with Gasteiger partial charge in [-0.25, -0.2) is 4.98 Å². The van der Waals surface area contributed by atoms with Gasteiger partial charge in [0.2, 0.25) is 0 Å². The SMILES string of the molecule is Cc1nccn1-c1ccc(N2CCNCC2)cc1. The molecule has 3 rings (SSSR count). The molecule has 18 heavy (non-hydrogen) atoms. The molecule has 0 amide bonds. The summed E-state index contributed by atoms with van der Waals surface area (Å²) in [7, 11) is 0. The van der Waals surface area contributed by atoms with Crippen LogP contribution in [0.2, 0.25) is 0 Å². The highest BCUT2D eigenvalue weighted by molar-refractivity contribution is 5.51. The Labute approximate surface area is 107 Å². The van der Waals surface area contributed by atoms with Crippen LogP contribution >= 0.6 is 0 Å². The lowest BCUT2D eigenvalue weighted by molar-refractivity contribution is 0.589. The number of anilines is 1. The summed E-state index contributed by atoms with van der Waals surface area (Å²) in [6.07, 6.45) is 3.83. The van der Waals surface area contributed by atoms with Crippen molar-refractivity contribution in [3.05, 3.63) is 42.5 Å². The lowest BCUT2D eigenvalue weighted by Gasteiger charge is -2.29. The maximum absolute atomic E-state index is 4.25. The van der Waals surface area contributed by atoms with Gasteiger partial charge in [0, 0.05) is 49.9 Å². The Balaban J connectivity index is 1.82. The molecule has 4 nitrogen and oxygen atoms in total. The van der Waals surface area contributed by atoms with E-state index < -0.39 is 0 Å². The molecular weight excluding hydrogens is 224 g/mol. The molecular formula is C14H18N4. The van der Waals surface area contributed by atoms with Crippen molar-refractivity contribution in [3.8, 4) is 5.69 Å². The van der Waals surface area contributed by atoms with Crippen molar-refractivity contribution in [1.82, 2.24) is 14.9 Å². The molecule has 0 radical (unpaired) electrons. The fourth-order valence-corrected chi connectivity index (χ4v) is 2.40. The summed E-state index contributed by atoms with van der Waals surface area (Å²) in [5, 5.41) is 3.37. The van der Waals surface area contributed by atoms with Crippen molar-refractivity contribution >= 4 is 5.69 Å². The maximum atomic E-state index is 4.25. The topological polar surface area (TPSA) is 33.1 Å². The number of hydrogen-bond acceptors (Lipinski definition) is 3. The molecule has 0 atom stereocenters. The van der Waals surface area contributed by atoms with Crippen LogP contribution in [0.25, 0.3) is 5.69 Å². The van der Waals surface area contributed by atoms with Crippen LogP contribution < -0.4 is 10.2 Å². The minimum atomic E-state index is 1.02. The van der Waals surface area contributed by atoms with Crippen LogP contribution in [0.1, 0.15) is 5.82 Å². The number of aryl methyl sites for hydroxylation is 1. The highest BCUT2D eigenvalue weighted by Gasteiger charge is 2.10. The molecule has 0 spiro atoms. The molecule has 1 aliphatic heterocycles. The quantitative estimate of drug-likeness (QED) is 0.868. The number of nitrogens with one attached hydrogen (secondary N) is 1. The summed E-state index contributed by atoms with van der Waals surface area (Å²) in [5.74, 6) is 1.02. The lowest BCUT2D eigenvalue weighted by atomic mass is 10.2. The Bertz CT molecular complexity index is 509. The molecule has 1 aromatic heterocycles. The van der Waals surface area contributed by atoms with Gasteiger partial charge in [0.1, 0.15) is 5.82 Å². The standard InChI is InChI=1S/C14H18N4/c1-12-16-8-11-18(12)14-4-2-13(3-5-14)17-9-6-15-7-10-17/h2-5,8,11,15H,6-7,9-10H2,1H3. The van der Waals surface area contributed by atoms with Crippen molar-refractivity contribution < 1.29 is 0 Å². The molecule has 1 fully saturated rings. The van der Waals surface area contributed by atoms with Gasteiger partial charge in [-0.05, 0) is 31.2 Å². The first-order valence-electron chi connectivity index (χ1n) is 6.41. The number of imidazole rings is 1. The zero-order valence-corrected chi connectivity index (χ0v) is 10.6. The minimum absolute atomic E-state index is 1.02. The fourth-order valence-electron chi connectivity index (χ4n) is 2.40. The Morgan fingerprint density at radius 3 is 2.33 bits per heavy atom. The summed E-state index contributed by atoms with van der Waals surface area (Å²) in [6.45, 7) is 6.34. The summed E-state index contributed by atoms with van der Waals surface area (Å²) in [5.41, 5.74) is 2.47. The summed E-state index contributed by atoms with van der Waals surface area (Å²) in [4.78, 5) is 6.67. The molecule has 0 aliphatic carbocycles. The first-order chi connectivity index (χ1) is 8.84. The smallest absolute Gasteiger partial charge is 0.110 e. The third-order valence-electron chi connectivity index (χ3n) is 3.44. The normalized spacial score (nSPS) is 15.9. The third-order valence-corrected chi connectivity index (χ3v) is 3.44. The molecule has 4 heteroatoms. The number of hydrogen-bond donors (Lipinski definition) is 1. The molecule has 2 aromatic rings. The Kier molecular flexibility index (Phi) is 3.02. The molecule has 1 N–H and O–H groups in total. The second-order valence-corrected chi connectivity index (χ2v) is 4.60. The van der Waals surface area contributed by atoms with E-state index in [2.05, 4.69) is 44.0 Å². The van der Waals surface area contributed by atoms with E-state index >= 15 is 0 Å². The number of benzene rings is 1. The van der Waals surface area contributed by atoms with Gasteiger partial charge in [-0.15, -0.1) is 0 Å². The maximum Gasteiger partial charge on any atom is 0.110 e. The van der Waals surface area contributed by atoms with E-state index in [0.717, 1.165) is 32.0 Å². The molecule has 2 heterocycles. The fraction of sp³-hybridized carbons (Fsp3) is 0.357. The Morgan fingerprint density at radius 2 is 1.72 bits per heavy atom. The molecule has 1 saturated heterocycles. The van der Waals surface area contributed by atoms with E-state index in [1.54, 1.807) is 0 Å². The van der Waals surface area contributed by atoms with Gasteiger partial charge >= 0.3 is 0 Å². The van der Waals surface area contributed by atoms with Gasteiger partial charge in [0.05, 0.1) is 0 Å². The van der Waals surface area contributed by atoms with Crippen LogP contribution in [0, 0.1) is 6.92 Å². The van der Waals surface area contributed by atoms with Crippen molar-refractivity contribution in [2.75, 3.05) is 31.1 Å². The predicted molar refractivity (Wildman–Crippen MR) is 73.4 cm³/mol. The van der Waals surface area contributed by atoms with E-state index in [4.69, 9.17) is 0 Å².